The first-order chi connectivity index (χ1) is 17.2. The monoisotopic (exact) mass is 459 g/mol. The van der Waals surface area contributed by atoms with Gasteiger partial charge in [0.05, 0.1) is 16.8 Å². The van der Waals surface area contributed by atoms with Crippen LogP contribution >= 0.6 is 0 Å². The van der Waals surface area contributed by atoms with Crippen LogP contribution in [0.2, 0.25) is 0 Å². The van der Waals surface area contributed by atoms with Gasteiger partial charge < -0.3 is 4.74 Å². The molecule has 6 aliphatic rings. The Morgan fingerprint density at radius 3 is 2.29 bits per heavy atom. The topological polar surface area (TPSA) is 46.6 Å². The van der Waals surface area contributed by atoms with E-state index in [1.807, 2.05) is 18.2 Å². The number of benzene rings is 2. The summed E-state index contributed by atoms with van der Waals surface area (Å²) in [7, 11) is 0. The van der Waals surface area contributed by atoms with Gasteiger partial charge >= 0.3 is 0 Å². The summed E-state index contributed by atoms with van der Waals surface area (Å²) in [5, 5.41) is 0. The zero-order chi connectivity index (χ0) is 23.5. The summed E-state index contributed by atoms with van der Waals surface area (Å²) in [6, 6.07) is 14.3. The van der Waals surface area contributed by atoms with Gasteiger partial charge in [-0.15, -0.1) is 0 Å². The van der Waals surface area contributed by atoms with Crippen LogP contribution in [-0.2, 0) is 0 Å². The Bertz CT molecular complexity index is 1410. The second kappa shape index (κ2) is 7.81. The molecule has 4 heteroatoms. The normalized spacial score (nSPS) is 29.5. The molecule has 1 heterocycles. The van der Waals surface area contributed by atoms with Crippen LogP contribution in [0.1, 0.15) is 40.0 Å². The van der Waals surface area contributed by atoms with Crippen LogP contribution < -0.4 is 9.64 Å². The molecule has 0 spiro atoms. The Labute approximate surface area is 204 Å². The number of carbonyl (C=O) groups is 2. The van der Waals surface area contributed by atoms with Crippen molar-refractivity contribution in [1.29, 1.82) is 0 Å². The van der Waals surface area contributed by atoms with Gasteiger partial charge in [0.2, 0.25) is 0 Å². The van der Waals surface area contributed by atoms with E-state index in [-0.39, 0.29) is 17.7 Å². The Morgan fingerprint density at radius 2 is 1.49 bits per heavy atom. The van der Waals surface area contributed by atoms with Gasteiger partial charge in [0.1, 0.15) is 11.5 Å². The van der Waals surface area contributed by atoms with E-state index in [2.05, 4.69) is 42.5 Å². The fourth-order valence-electron chi connectivity index (χ4n) is 6.17. The minimum atomic E-state index is -0.307. The molecule has 1 saturated carbocycles. The number of rotatable bonds is 3. The van der Waals surface area contributed by atoms with E-state index in [0.717, 1.165) is 25.0 Å². The predicted molar refractivity (Wildman–Crippen MR) is 135 cm³/mol. The van der Waals surface area contributed by atoms with E-state index in [1.165, 1.54) is 16.0 Å². The Kier molecular flexibility index (Phi) is 4.56. The number of ether oxygens (including phenoxy) is 1. The number of allylic oxidation sites excluding steroid dienone is 9. The number of amides is 2. The fourth-order valence-corrected chi connectivity index (χ4v) is 6.17. The minimum absolute atomic E-state index is 0.217. The SMILES string of the molecule is O=C1c2ccc(OC3=CC4C=C5/C(=C\C3CC4)C3C=CC=CC5C3)cc2C(=O)N1c1ccccc1. The van der Waals surface area contributed by atoms with E-state index in [9.17, 15) is 9.59 Å². The molecular formula is C31H25NO3. The number of carbonyl (C=O) groups excluding carboxylic acids is 2. The van der Waals surface area contributed by atoms with E-state index < -0.39 is 0 Å². The highest BCUT2D eigenvalue weighted by molar-refractivity contribution is 6.34. The van der Waals surface area contributed by atoms with Gasteiger partial charge in [0.25, 0.3) is 11.8 Å². The third-order valence-electron chi connectivity index (χ3n) is 7.88. The number of hydrogen-bond acceptors (Lipinski definition) is 3. The van der Waals surface area contributed by atoms with Crippen molar-refractivity contribution in [3.8, 4) is 5.75 Å². The quantitative estimate of drug-likeness (QED) is 0.499. The minimum Gasteiger partial charge on any atom is -0.461 e. The highest BCUT2D eigenvalue weighted by Crippen LogP contribution is 2.48. The third kappa shape index (κ3) is 3.28. The maximum Gasteiger partial charge on any atom is 0.266 e. The van der Waals surface area contributed by atoms with Crippen molar-refractivity contribution in [2.24, 2.45) is 23.7 Å². The molecule has 1 fully saturated rings. The first-order valence-corrected chi connectivity index (χ1v) is 12.4. The first kappa shape index (κ1) is 20.5. The second-order valence-corrected chi connectivity index (χ2v) is 9.97. The Balaban J connectivity index is 1.20. The maximum atomic E-state index is 13.1. The van der Waals surface area contributed by atoms with Gasteiger partial charge in [-0.25, -0.2) is 4.90 Å². The molecule has 2 amide bonds. The summed E-state index contributed by atoms with van der Waals surface area (Å²) in [6.07, 6.45) is 19.4. The average molecular weight is 460 g/mol. The van der Waals surface area contributed by atoms with Crippen molar-refractivity contribution >= 4 is 17.5 Å². The zero-order valence-corrected chi connectivity index (χ0v) is 19.3. The van der Waals surface area contributed by atoms with Crippen LogP contribution in [0.25, 0.3) is 0 Å². The molecule has 0 aromatic heterocycles. The van der Waals surface area contributed by atoms with Crippen molar-refractivity contribution in [3.63, 3.8) is 0 Å². The smallest absolute Gasteiger partial charge is 0.266 e. The lowest BCUT2D eigenvalue weighted by atomic mass is 9.79. The molecule has 0 N–H and O–H groups in total. The number of nitrogens with zero attached hydrogens (tertiary/aromatic N) is 1. The summed E-state index contributed by atoms with van der Waals surface area (Å²) >= 11 is 0. The van der Waals surface area contributed by atoms with E-state index >= 15 is 0 Å². The summed E-state index contributed by atoms with van der Waals surface area (Å²) < 4.78 is 6.43. The predicted octanol–water partition coefficient (Wildman–Crippen LogP) is 6.40. The van der Waals surface area contributed by atoms with E-state index in [4.69, 9.17) is 4.74 Å². The molecule has 2 aromatic rings. The molecule has 4 unspecified atom stereocenters. The van der Waals surface area contributed by atoms with E-state index in [1.54, 1.807) is 30.3 Å². The van der Waals surface area contributed by atoms with Crippen LogP contribution in [0, 0.1) is 23.7 Å². The molecule has 1 aliphatic heterocycles. The van der Waals surface area contributed by atoms with Crippen molar-refractivity contribution in [3.05, 3.63) is 119 Å². The Morgan fingerprint density at radius 1 is 0.743 bits per heavy atom. The van der Waals surface area contributed by atoms with Crippen molar-refractivity contribution < 1.29 is 14.3 Å². The molecule has 4 bridgehead atoms. The molecule has 5 aliphatic carbocycles. The van der Waals surface area contributed by atoms with Gasteiger partial charge in [-0.1, -0.05) is 54.7 Å². The van der Waals surface area contributed by atoms with Crippen LogP contribution in [0.5, 0.6) is 5.75 Å². The lowest BCUT2D eigenvalue weighted by Gasteiger charge is -2.30. The van der Waals surface area contributed by atoms with Gasteiger partial charge in [-0.2, -0.15) is 0 Å². The molecule has 0 radical (unpaired) electrons. The zero-order valence-electron chi connectivity index (χ0n) is 19.3. The molecular weight excluding hydrogens is 434 g/mol. The van der Waals surface area contributed by atoms with Gasteiger partial charge in [0.15, 0.2) is 0 Å². The van der Waals surface area contributed by atoms with Crippen LogP contribution in [-0.4, -0.2) is 11.8 Å². The van der Waals surface area contributed by atoms with Crippen LogP contribution in [0.3, 0.4) is 0 Å². The summed E-state index contributed by atoms with van der Waals surface area (Å²) in [6.45, 7) is 0. The van der Waals surface area contributed by atoms with Crippen molar-refractivity contribution in [1.82, 2.24) is 0 Å². The molecule has 4 atom stereocenters. The number of para-hydroxylation sites is 1. The average Bonchev–Trinajstić information content (AvgIpc) is 3.15. The fraction of sp³-hybridized carbons (Fsp3) is 0.226. The Hall–Kier alpha value is -3.92. The third-order valence-corrected chi connectivity index (χ3v) is 7.88. The summed E-state index contributed by atoms with van der Waals surface area (Å²) in [5.41, 5.74) is 4.34. The van der Waals surface area contributed by atoms with E-state index in [0.29, 0.717) is 40.3 Å². The van der Waals surface area contributed by atoms with Crippen molar-refractivity contribution in [2.45, 2.75) is 19.3 Å². The maximum absolute atomic E-state index is 13.1. The van der Waals surface area contributed by atoms with Gasteiger partial charge in [0, 0.05) is 17.8 Å². The molecule has 4 nitrogen and oxygen atoms in total. The summed E-state index contributed by atoms with van der Waals surface area (Å²) in [4.78, 5) is 27.3. The van der Waals surface area contributed by atoms with Crippen LogP contribution in [0.4, 0.5) is 5.69 Å². The molecule has 0 saturated heterocycles. The molecule has 35 heavy (non-hydrogen) atoms. The second-order valence-electron chi connectivity index (χ2n) is 9.97. The number of imide groups is 1. The standard InChI is InChI=1S/C31H25NO3/c33-30-25-13-12-24(18-28(25)31(34)32(30)23-8-2-1-3-9-23)35-29-15-19-10-11-22(29)17-27-21-7-5-4-6-20(16-21)26(27)14-19/h1-9,12-15,17-22H,10-11,16H2/b26-14?,27-17-. The van der Waals surface area contributed by atoms with Gasteiger partial charge in [-0.05, 0) is 72.7 Å². The molecule has 2 aromatic carbocycles. The number of hydrogen-bond donors (Lipinski definition) is 0. The van der Waals surface area contributed by atoms with Gasteiger partial charge in [-0.3, -0.25) is 9.59 Å². The summed E-state index contributed by atoms with van der Waals surface area (Å²) in [5.74, 6) is 2.49. The number of anilines is 1. The van der Waals surface area contributed by atoms with Crippen LogP contribution in [0.15, 0.2) is 108 Å². The largest absolute Gasteiger partial charge is 0.461 e. The highest BCUT2D eigenvalue weighted by Gasteiger charge is 2.38. The number of fused-ring (bicyclic) bond motifs is 4. The lowest BCUT2D eigenvalue weighted by molar-refractivity contribution is 0.0926. The first-order valence-electron chi connectivity index (χ1n) is 12.4. The lowest BCUT2D eigenvalue weighted by Crippen LogP contribution is -2.29. The highest BCUT2D eigenvalue weighted by atomic mass is 16.5. The molecule has 172 valence electrons. The van der Waals surface area contributed by atoms with Crippen molar-refractivity contribution in [2.75, 3.05) is 4.90 Å². The molecule has 8 rings (SSSR count).